The van der Waals surface area contributed by atoms with Crippen molar-refractivity contribution in [1.29, 1.82) is 0 Å². The number of anilines is 1. The van der Waals surface area contributed by atoms with E-state index in [9.17, 15) is 0 Å². The van der Waals surface area contributed by atoms with Crippen molar-refractivity contribution in [2.24, 2.45) is 0 Å². The first-order valence-corrected chi connectivity index (χ1v) is 5.19. The summed E-state index contributed by atoms with van der Waals surface area (Å²) in [7, 11) is 0. The Hall–Kier alpha value is -0.990. The van der Waals surface area contributed by atoms with Gasteiger partial charge in [0.2, 0.25) is 0 Å². The lowest BCUT2D eigenvalue weighted by Crippen LogP contribution is -2.14. The molecule has 0 unspecified atom stereocenters. The molecule has 13 heavy (non-hydrogen) atoms. The van der Waals surface area contributed by atoms with Crippen molar-refractivity contribution in [3.63, 3.8) is 0 Å². The van der Waals surface area contributed by atoms with Gasteiger partial charge in [-0.05, 0) is 26.2 Å². The number of aromatic nitrogens is 2. The van der Waals surface area contributed by atoms with Gasteiger partial charge in [-0.1, -0.05) is 6.92 Å². The number of rotatable bonds is 2. The van der Waals surface area contributed by atoms with Gasteiger partial charge in [-0.3, -0.25) is 4.68 Å². The summed E-state index contributed by atoms with van der Waals surface area (Å²) < 4.78 is 2.14. The van der Waals surface area contributed by atoms with Gasteiger partial charge in [-0.25, -0.2) is 0 Å². The first-order valence-electron chi connectivity index (χ1n) is 5.19. The van der Waals surface area contributed by atoms with Gasteiger partial charge in [-0.15, -0.1) is 0 Å². The maximum Gasteiger partial charge on any atom is 0.0856 e. The van der Waals surface area contributed by atoms with E-state index < -0.39 is 0 Å². The van der Waals surface area contributed by atoms with Crippen LogP contribution in [0.2, 0.25) is 0 Å². The van der Waals surface area contributed by atoms with Gasteiger partial charge in [0, 0.05) is 13.1 Å². The summed E-state index contributed by atoms with van der Waals surface area (Å²) in [4.78, 5) is 0. The van der Waals surface area contributed by atoms with Gasteiger partial charge in [0.1, 0.15) is 0 Å². The fourth-order valence-electron chi connectivity index (χ4n) is 1.99. The van der Waals surface area contributed by atoms with Gasteiger partial charge >= 0.3 is 0 Å². The molecule has 3 heteroatoms. The van der Waals surface area contributed by atoms with Crippen molar-refractivity contribution >= 4 is 5.69 Å². The maximum atomic E-state index is 4.58. The zero-order valence-electron chi connectivity index (χ0n) is 8.43. The Kier molecular flexibility index (Phi) is 2.25. The van der Waals surface area contributed by atoms with Gasteiger partial charge in [-0.2, -0.15) is 5.10 Å². The number of fused-ring (bicyclic) bond motifs is 1. The Balaban J connectivity index is 2.44. The highest BCUT2D eigenvalue weighted by Gasteiger charge is 2.18. The van der Waals surface area contributed by atoms with E-state index in [4.69, 9.17) is 0 Å². The minimum Gasteiger partial charge on any atom is -0.382 e. The van der Waals surface area contributed by atoms with E-state index in [0.717, 1.165) is 19.5 Å². The molecule has 0 aromatic carbocycles. The summed E-state index contributed by atoms with van der Waals surface area (Å²) in [5.74, 6) is 0. The zero-order valence-corrected chi connectivity index (χ0v) is 8.43. The third-order valence-corrected chi connectivity index (χ3v) is 2.66. The molecule has 1 aromatic heterocycles. The van der Waals surface area contributed by atoms with E-state index in [2.05, 4.69) is 28.9 Å². The summed E-state index contributed by atoms with van der Waals surface area (Å²) in [5, 5.41) is 8.04. The van der Waals surface area contributed by atoms with Crippen LogP contribution < -0.4 is 5.32 Å². The van der Waals surface area contributed by atoms with Crippen LogP contribution in [-0.4, -0.2) is 16.3 Å². The molecule has 0 aliphatic carbocycles. The SMILES string of the molecule is CCc1nn(CC)c2c1NCCC2. The van der Waals surface area contributed by atoms with Crippen LogP contribution in [0.25, 0.3) is 0 Å². The Labute approximate surface area is 79.1 Å². The lowest BCUT2D eigenvalue weighted by Gasteiger charge is -2.15. The zero-order chi connectivity index (χ0) is 9.26. The standard InChI is InChI=1S/C10H17N3/c1-3-8-10-9(6-5-7-11-10)13(4-2)12-8/h11H,3-7H2,1-2H3. The van der Waals surface area contributed by atoms with Crippen molar-refractivity contribution < 1.29 is 0 Å². The Morgan fingerprint density at radius 2 is 2.31 bits per heavy atom. The molecule has 0 saturated heterocycles. The molecule has 1 aliphatic heterocycles. The smallest absolute Gasteiger partial charge is 0.0856 e. The Morgan fingerprint density at radius 3 is 3.00 bits per heavy atom. The van der Waals surface area contributed by atoms with Crippen LogP contribution in [0.5, 0.6) is 0 Å². The molecule has 2 heterocycles. The van der Waals surface area contributed by atoms with Gasteiger partial charge in [0.05, 0.1) is 17.1 Å². The van der Waals surface area contributed by atoms with E-state index in [0.29, 0.717) is 0 Å². The quantitative estimate of drug-likeness (QED) is 0.750. The highest BCUT2D eigenvalue weighted by Crippen LogP contribution is 2.26. The Morgan fingerprint density at radius 1 is 1.46 bits per heavy atom. The van der Waals surface area contributed by atoms with E-state index in [1.54, 1.807) is 0 Å². The van der Waals surface area contributed by atoms with Crippen LogP contribution in [0.15, 0.2) is 0 Å². The number of nitrogens with zero attached hydrogens (tertiary/aromatic N) is 2. The molecule has 0 saturated carbocycles. The molecule has 3 nitrogen and oxygen atoms in total. The van der Waals surface area contributed by atoms with Crippen LogP contribution in [0.1, 0.15) is 31.7 Å². The second-order valence-electron chi connectivity index (χ2n) is 3.47. The van der Waals surface area contributed by atoms with Crippen molar-refractivity contribution in [3.8, 4) is 0 Å². The van der Waals surface area contributed by atoms with E-state index >= 15 is 0 Å². The van der Waals surface area contributed by atoms with E-state index in [1.165, 1.54) is 29.9 Å². The third kappa shape index (κ3) is 1.32. The summed E-state index contributed by atoms with van der Waals surface area (Å²) in [6, 6.07) is 0. The van der Waals surface area contributed by atoms with Crippen LogP contribution in [-0.2, 0) is 19.4 Å². The number of hydrogen-bond donors (Lipinski definition) is 1. The number of nitrogens with one attached hydrogen (secondary N) is 1. The normalized spacial score (nSPS) is 15.2. The largest absolute Gasteiger partial charge is 0.382 e. The molecule has 0 amide bonds. The molecule has 72 valence electrons. The topological polar surface area (TPSA) is 29.9 Å². The lowest BCUT2D eigenvalue weighted by molar-refractivity contribution is 0.603. The maximum absolute atomic E-state index is 4.58. The third-order valence-electron chi connectivity index (χ3n) is 2.66. The molecule has 0 bridgehead atoms. The predicted molar refractivity (Wildman–Crippen MR) is 54.1 cm³/mol. The summed E-state index contributed by atoms with van der Waals surface area (Å²) in [5.41, 5.74) is 3.96. The van der Waals surface area contributed by atoms with Crippen molar-refractivity contribution in [3.05, 3.63) is 11.4 Å². The monoisotopic (exact) mass is 179 g/mol. The first-order chi connectivity index (χ1) is 6.36. The number of aryl methyl sites for hydroxylation is 2. The minimum atomic E-state index is 0.990. The van der Waals surface area contributed by atoms with Crippen LogP contribution in [0, 0.1) is 0 Å². The molecule has 1 aromatic rings. The molecule has 0 fully saturated rings. The lowest BCUT2D eigenvalue weighted by atomic mass is 10.1. The molecular weight excluding hydrogens is 162 g/mol. The molecule has 0 spiro atoms. The van der Waals surface area contributed by atoms with Gasteiger partial charge in [0.15, 0.2) is 0 Å². The molecule has 0 atom stereocenters. The van der Waals surface area contributed by atoms with E-state index in [1.807, 2.05) is 0 Å². The second-order valence-corrected chi connectivity index (χ2v) is 3.47. The van der Waals surface area contributed by atoms with Crippen LogP contribution in [0.4, 0.5) is 5.69 Å². The molecule has 2 rings (SSSR count). The fraction of sp³-hybridized carbons (Fsp3) is 0.700. The van der Waals surface area contributed by atoms with Crippen LogP contribution in [0.3, 0.4) is 0 Å². The van der Waals surface area contributed by atoms with Gasteiger partial charge in [0.25, 0.3) is 0 Å². The predicted octanol–water partition coefficient (Wildman–Crippen LogP) is 1.82. The van der Waals surface area contributed by atoms with Gasteiger partial charge < -0.3 is 5.32 Å². The molecular formula is C10H17N3. The van der Waals surface area contributed by atoms with Crippen molar-refractivity contribution in [2.75, 3.05) is 11.9 Å². The molecule has 1 N–H and O–H groups in total. The highest BCUT2D eigenvalue weighted by molar-refractivity contribution is 5.54. The minimum absolute atomic E-state index is 0.990. The second kappa shape index (κ2) is 3.40. The summed E-state index contributed by atoms with van der Waals surface area (Å²) >= 11 is 0. The molecule has 0 radical (unpaired) electrons. The summed E-state index contributed by atoms with van der Waals surface area (Å²) in [6.45, 7) is 6.42. The number of hydrogen-bond acceptors (Lipinski definition) is 2. The first kappa shape index (κ1) is 8.60. The average Bonchev–Trinajstić information content (AvgIpc) is 2.56. The summed E-state index contributed by atoms with van der Waals surface area (Å²) in [6.07, 6.45) is 3.45. The van der Waals surface area contributed by atoms with Crippen molar-refractivity contribution in [1.82, 2.24) is 9.78 Å². The Bertz CT molecular complexity index is 273. The molecule has 1 aliphatic rings. The van der Waals surface area contributed by atoms with Crippen LogP contribution >= 0.6 is 0 Å². The van der Waals surface area contributed by atoms with Crippen molar-refractivity contribution in [2.45, 2.75) is 39.7 Å². The highest BCUT2D eigenvalue weighted by atomic mass is 15.3. The average molecular weight is 179 g/mol. The fourth-order valence-corrected chi connectivity index (χ4v) is 1.99. The van der Waals surface area contributed by atoms with E-state index in [-0.39, 0.29) is 0 Å².